The fourth-order valence-corrected chi connectivity index (χ4v) is 2.24. The smallest absolute Gasteiger partial charge is 0.271 e. The Kier molecular flexibility index (Phi) is 6.58. The summed E-state index contributed by atoms with van der Waals surface area (Å²) in [6.07, 6.45) is 4.46. The SMILES string of the molecule is CSCCC(C)NC(=O)c1nc(C(C)C)ncc1Cl. The van der Waals surface area contributed by atoms with Crippen molar-refractivity contribution in [3.05, 3.63) is 22.7 Å². The van der Waals surface area contributed by atoms with E-state index in [0.29, 0.717) is 10.8 Å². The molecular weight excluding hydrogens is 282 g/mol. The molecule has 0 aliphatic heterocycles. The first kappa shape index (κ1) is 16.2. The summed E-state index contributed by atoms with van der Waals surface area (Å²) in [7, 11) is 0. The van der Waals surface area contributed by atoms with Crippen molar-refractivity contribution < 1.29 is 4.79 Å². The first-order valence-electron chi connectivity index (χ1n) is 6.28. The molecule has 0 aliphatic rings. The number of aromatic nitrogens is 2. The molecule has 0 radical (unpaired) electrons. The Morgan fingerprint density at radius 1 is 1.47 bits per heavy atom. The molecule has 1 aromatic heterocycles. The van der Waals surface area contributed by atoms with Crippen LogP contribution in [0.4, 0.5) is 0 Å². The van der Waals surface area contributed by atoms with Crippen molar-refractivity contribution in [2.45, 2.75) is 39.2 Å². The number of amides is 1. The number of rotatable bonds is 6. The molecule has 0 bridgehead atoms. The van der Waals surface area contributed by atoms with Gasteiger partial charge in [0.1, 0.15) is 11.5 Å². The van der Waals surface area contributed by atoms with Crippen LogP contribution in [0, 0.1) is 0 Å². The van der Waals surface area contributed by atoms with E-state index >= 15 is 0 Å². The van der Waals surface area contributed by atoms with Crippen molar-refractivity contribution in [2.75, 3.05) is 12.0 Å². The molecule has 1 atom stereocenters. The fourth-order valence-electron chi connectivity index (χ4n) is 1.48. The molecule has 0 saturated carbocycles. The Bertz CT molecular complexity index is 440. The van der Waals surface area contributed by atoms with Gasteiger partial charge in [0.25, 0.3) is 5.91 Å². The largest absolute Gasteiger partial charge is 0.348 e. The van der Waals surface area contributed by atoms with Crippen LogP contribution >= 0.6 is 23.4 Å². The number of thioether (sulfide) groups is 1. The maximum Gasteiger partial charge on any atom is 0.271 e. The van der Waals surface area contributed by atoms with Gasteiger partial charge in [-0.3, -0.25) is 4.79 Å². The molecule has 1 aromatic rings. The molecule has 0 spiro atoms. The third-order valence-corrected chi connectivity index (χ3v) is 3.55. The molecule has 19 heavy (non-hydrogen) atoms. The minimum atomic E-state index is -0.233. The average Bonchev–Trinajstić information content (AvgIpc) is 2.36. The zero-order chi connectivity index (χ0) is 14.4. The van der Waals surface area contributed by atoms with E-state index in [1.54, 1.807) is 11.8 Å². The van der Waals surface area contributed by atoms with Crippen LogP contribution in [-0.4, -0.2) is 33.9 Å². The van der Waals surface area contributed by atoms with Gasteiger partial charge in [-0.15, -0.1) is 0 Å². The Morgan fingerprint density at radius 2 is 2.16 bits per heavy atom. The molecule has 6 heteroatoms. The van der Waals surface area contributed by atoms with Gasteiger partial charge in [0.2, 0.25) is 0 Å². The van der Waals surface area contributed by atoms with Crippen LogP contribution in [0.3, 0.4) is 0 Å². The van der Waals surface area contributed by atoms with Crippen LogP contribution in [0.5, 0.6) is 0 Å². The van der Waals surface area contributed by atoms with E-state index in [1.165, 1.54) is 6.20 Å². The van der Waals surface area contributed by atoms with Crippen LogP contribution in [0.25, 0.3) is 0 Å². The number of nitrogens with one attached hydrogen (secondary N) is 1. The first-order chi connectivity index (χ1) is 8.95. The normalized spacial score (nSPS) is 12.5. The van der Waals surface area contributed by atoms with Gasteiger partial charge in [-0.05, 0) is 25.4 Å². The minimum Gasteiger partial charge on any atom is -0.348 e. The Hall–Kier alpha value is -0.810. The molecule has 1 unspecified atom stereocenters. The van der Waals surface area contributed by atoms with Gasteiger partial charge in [-0.25, -0.2) is 9.97 Å². The standard InChI is InChI=1S/C13H20ClN3OS/c1-8(2)12-15-7-10(14)11(17-12)13(18)16-9(3)5-6-19-4/h7-9H,5-6H2,1-4H3,(H,16,18). The third-order valence-electron chi connectivity index (χ3n) is 2.63. The minimum absolute atomic E-state index is 0.105. The topological polar surface area (TPSA) is 54.9 Å². The summed E-state index contributed by atoms with van der Waals surface area (Å²) in [5.41, 5.74) is 0.261. The molecule has 4 nitrogen and oxygen atoms in total. The summed E-state index contributed by atoms with van der Waals surface area (Å²) in [5, 5.41) is 3.20. The molecular formula is C13H20ClN3OS. The number of carbonyl (C=O) groups is 1. The number of halogens is 1. The van der Waals surface area contributed by atoms with Crippen molar-refractivity contribution in [1.82, 2.24) is 15.3 Å². The molecule has 0 aromatic carbocycles. The summed E-state index contributed by atoms with van der Waals surface area (Å²) in [6, 6.07) is 0.105. The second-order valence-electron chi connectivity index (χ2n) is 4.74. The predicted molar refractivity (Wildman–Crippen MR) is 81.1 cm³/mol. The highest BCUT2D eigenvalue weighted by molar-refractivity contribution is 7.98. The van der Waals surface area contributed by atoms with E-state index in [2.05, 4.69) is 15.3 Å². The number of hydrogen-bond donors (Lipinski definition) is 1. The molecule has 1 rings (SSSR count). The van der Waals surface area contributed by atoms with Gasteiger partial charge in [0.15, 0.2) is 0 Å². The Morgan fingerprint density at radius 3 is 2.74 bits per heavy atom. The average molecular weight is 302 g/mol. The summed E-state index contributed by atoms with van der Waals surface area (Å²) in [5.74, 6) is 1.57. The molecule has 1 N–H and O–H groups in total. The maximum atomic E-state index is 12.1. The maximum absolute atomic E-state index is 12.1. The molecule has 0 saturated heterocycles. The molecule has 1 heterocycles. The molecule has 0 fully saturated rings. The van der Waals surface area contributed by atoms with Gasteiger partial charge in [0.05, 0.1) is 11.2 Å². The number of carbonyl (C=O) groups excluding carboxylic acids is 1. The third kappa shape index (κ3) is 4.99. The summed E-state index contributed by atoms with van der Waals surface area (Å²) in [6.45, 7) is 5.94. The molecule has 0 aliphatic carbocycles. The van der Waals surface area contributed by atoms with Crippen LogP contribution in [0.15, 0.2) is 6.20 Å². The van der Waals surface area contributed by atoms with Gasteiger partial charge in [0, 0.05) is 12.0 Å². The van der Waals surface area contributed by atoms with E-state index in [-0.39, 0.29) is 23.6 Å². The summed E-state index contributed by atoms with van der Waals surface area (Å²) < 4.78 is 0. The van der Waals surface area contributed by atoms with Gasteiger partial charge < -0.3 is 5.32 Å². The van der Waals surface area contributed by atoms with Crippen molar-refractivity contribution in [3.8, 4) is 0 Å². The highest BCUT2D eigenvalue weighted by Gasteiger charge is 2.17. The van der Waals surface area contributed by atoms with E-state index < -0.39 is 0 Å². The molecule has 1 amide bonds. The lowest BCUT2D eigenvalue weighted by Crippen LogP contribution is -2.34. The predicted octanol–water partition coefficient (Wildman–Crippen LogP) is 3.12. The van der Waals surface area contributed by atoms with E-state index in [9.17, 15) is 4.79 Å². The van der Waals surface area contributed by atoms with Gasteiger partial charge in [-0.1, -0.05) is 25.4 Å². The second kappa shape index (κ2) is 7.70. The zero-order valence-electron chi connectivity index (χ0n) is 11.7. The highest BCUT2D eigenvalue weighted by Crippen LogP contribution is 2.16. The van der Waals surface area contributed by atoms with E-state index in [4.69, 9.17) is 11.6 Å². The lowest BCUT2D eigenvalue weighted by Gasteiger charge is -2.14. The van der Waals surface area contributed by atoms with Crippen molar-refractivity contribution in [2.24, 2.45) is 0 Å². The molecule has 106 valence electrons. The summed E-state index contributed by atoms with van der Waals surface area (Å²) in [4.78, 5) is 20.5. The van der Waals surface area contributed by atoms with Crippen molar-refractivity contribution in [3.63, 3.8) is 0 Å². The van der Waals surface area contributed by atoms with Gasteiger partial charge >= 0.3 is 0 Å². The lowest BCUT2D eigenvalue weighted by atomic mass is 10.2. The number of hydrogen-bond acceptors (Lipinski definition) is 4. The van der Waals surface area contributed by atoms with E-state index in [1.807, 2.05) is 27.0 Å². The van der Waals surface area contributed by atoms with Crippen molar-refractivity contribution >= 4 is 29.3 Å². The second-order valence-corrected chi connectivity index (χ2v) is 6.13. The van der Waals surface area contributed by atoms with Crippen LogP contribution in [0.2, 0.25) is 5.02 Å². The van der Waals surface area contributed by atoms with E-state index in [0.717, 1.165) is 12.2 Å². The first-order valence-corrected chi connectivity index (χ1v) is 8.05. The Labute approximate surface area is 123 Å². The monoisotopic (exact) mass is 301 g/mol. The van der Waals surface area contributed by atoms with Crippen LogP contribution < -0.4 is 5.32 Å². The highest BCUT2D eigenvalue weighted by atomic mass is 35.5. The lowest BCUT2D eigenvalue weighted by molar-refractivity contribution is 0.0934. The Balaban J connectivity index is 2.78. The van der Waals surface area contributed by atoms with Crippen LogP contribution in [0.1, 0.15) is 49.4 Å². The fraction of sp³-hybridized carbons (Fsp3) is 0.615. The zero-order valence-corrected chi connectivity index (χ0v) is 13.3. The summed E-state index contributed by atoms with van der Waals surface area (Å²) >= 11 is 7.75. The van der Waals surface area contributed by atoms with Gasteiger partial charge in [-0.2, -0.15) is 11.8 Å². The van der Waals surface area contributed by atoms with Crippen molar-refractivity contribution in [1.29, 1.82) is 0 Å². The van der Waals surface area contributed by atoms with Crippen LogP contribution in [-0.2, 0) is 0 Å². The number of nitrogens with zero attached hydrogens (tertiary/aromatic N) is 2. The quantitative estimate of drug-likeness (QED) is 0.877.